The first-order valence-electron chi connectivity index (χ1n) is 7.41. The summed E-state index contributed by atoms with van der Waals surface area (Å²) in [5, 5.41) is 3.23. The zero-order chi connectivity index (χ0) is 16.7. The summed E-state index contributed by atoms with van der Waals surface area (Å²) < 4.78 is 10.4. The average Bonchev–Trinajstić information content (AvgIpc) is 2.97. The van der Waals surface area contributed by atoms with Gasteiger partial charge < -0.3 is 14.8 Å². The summed E-state index contributed by atoms with van der Waals surface area (Å²) in [7, 11) is 0. The van der Waals surface area contributed by atoms with Crippen LogP contribution in [0.25, 0.3) is 0 Å². The van der Waals surface area contributed by atoms with E-state index in [9.17, 15) is 9.59 Å². The predicted molar refractivity (Wildman–Crippen MR) is 90.2 cm³/mol. The maximum atomic E-state index is 12.0. The van der Waals surface area contributed by atoms with Gasteiger partial charge in [0.2, 0.25) is 0 Å². The van der Waals surface area contributed by atoms with Crippen molar-refractivity contribution in [3.63, 3.8) is 0 Å². The van der Waals surface area contributed by atoms with Crippen molar-refractivity contribution >= 4 is 28.2 Å². The Kier molecular flexibility index (Phi) is 6.17. The van der Waals surface area contributed by atoms with Gasteiger partial charge in [0.15, 0.2) is 6.61 Å². The van der Waals surface area contributed by atoms with Crippen LogP contribution in [-0.4, -0.2) is 25.1 Å². The summed E-state index contributed by atoms with van der Waals surface area (Å²) >= 11 is 1.38. The number of hydrogen-bond acceptors (Lipinski definition) is 5. The van der Waals surface area contributed by atoms with Gasteiger partial charge in [-0.15, -0.1) is 11.3 Å². The summed E-state index contributed by atoms with van der Waals surface area (Å²) in [4.78, 5) is 25.0. The molecule has 1 N–H and O–H groups in total. The third-order valence-corrected chi connectivity index (χ3v) is 4.19. The molecule has 0 unspecified atom stereocenters. The zero-order valence-electron chi connectivity index (χ0n) is 13.1. The third kappa shape index (κ3) is 4.82. The highest BCUT2D eigenvalue weighted by molar-refractivity contribution is 7.16. The lowest BCUT2D eigenvalue weighted by Crippen LogP contribution is -2.21. The first-order valence-corrected chi connectivity index (χ1v) is 8.23. The Balaban J connectivity index is 2.02. The molecule has 0 saturated carbocycles. The van der Waals surface area contributed by atoms with E-state index in [-0.39, 0.29) is 12.5 Å². The van der Waals surface area contributed by atoms with E-state index in [0.29, 0.717) is 22.9 Å². The number of thiophene rings is 1. The van der Waals surface area contributed by atoms with Crippen molar-refractivity contribution in [2.75, 3.05) is 18.5 Å². The number of carbonyl (C=O) groups excluding carboxylic acids is 2. The Hall–Kier alpha value is -2.34. The molecule has 0 radical (unpaired) electrons. The molecule has 0 fully saturated rings. The highest BCUT2D eigenvalue weighted by Gasteiger charge is 2.18. The molecule has 23 heavy (non-hydrogen) atoms. The SMILES string of the molecule is CCOC(=O)c1cc(CC)sc1NC(=O)COc1ccccc1. The zero-order valence-corrected chi connectivity index (χ0v) is 13.9. The molecule has 0 aliphatic heterocycles. The van der Waals surface area contributed by atoms with Crippen LogP contribution in [-0.2, 0) is 16.0 Å². The maximum Gasteiger partial charge on any atom is 0.341 e. The Labute approximate surface area is 139 Å². The molecule has 5 nitrogen and oxygen atoms in total. The number of esters is 1. The second-order valence-electron chi connectivity index (χ2n) is 4.68. The number of anilines is 1. The number of para-hydroxylation sites is 1. The lowest BCUT2D eigenvalue weighted by atomic mass is 10.2. The number of amides is 1. The molecule has 1 aromatic carbocycles. The Bertz CT molecular complexity index is 666. The van der Waals surface area contributed by atoms with Crippen LogP contribution in [0, 0.1) is 0 Å². The number of carbonyl (C=O) groups is 2. The van der Waals surface area contributed by atoms with Gasteiger partial charge in [0.25, 0.3) is 5.91 Å². The van der Waals surface area contributed by atoms with E-state index < -0.39 is 5.97 Å². The summed E-state index contributed by atoms with van der Waals surface area (Å²) in [6.07, 6.45) is 0.785. The van der Waals surface area contributed by atoms with Crippen LogP contribution in [0.5, 0.6) is 5.75 Å². The molecule has 0 aliphatic rings. The highest BCUT2D eigenvalue weighted by atomic mass is 32.1. The minimum absolute atomic E-state index is 0.119. The van der Waals surface area contributed by atoms with Gasteiger partial charge in [-0.2, -0.15) is 0 Å². The largest absolute Gasteiger partial charge is 0.484 e. The van der Waals surface area contributed by atoms with Crippen LogP contribution in [0.2, 0.25) is 0 Å². The van der Waals surface area contributed by atoms with Crippen LogP contribution in [0.3, 0.4) is 0 Å². The molecule has 0 atom stereocenters. The molecule has 0 saturated heterocycles. The molecular formula is C17H19NO4S. The van der Waals surface area contributed by atoms with E-state index in [1.165, 1.54) is 11.3 Å². The lowest BCUT2D eigenvalue weighted by molar-refractivity contribution is -0.118. The van der Waals surface area contributed by atoms with Crippen LogP contribution in [0.15, 0.2) is 36.4 Å². The standard InChI is InChI=1S/C17H19NO4S/c1-3-13-10-14(17(20)21-4-2)16(23-13)18-15(19)11-22-12-8-6-5-7-9-12/h5-10H,3-4,11H2,1-2H3,(H,18,19). The molecule has 0 spiro atoms. The van der Waals surface area contributed by atoms with Gasteiger partial charge in [0, 0.05) is 4.88 Å². The fourth-order valence-corrected chi connectivity index (χ4v) is 2.90. The van der Waals surface area contributed by atoms with Crippen molar-refractivity contribution in [2.24, 2.45) is 0 Å². The van der Waals surface area contributed by atoms with E-state index in [0.717, 1.165) is 11.3 Å². The van der Waals surface area contributed by atoms with Crippen LogP contribution in [0.1, 0.15) is 29.1 Å². The molecule has 122 valence electrons. The van der Waals surface area contributed by atoms with Crippen LogP contribution >= 0.6 is 11.3 Å². The minimum Gasteiger partial charge on any atom is -0.484 e. The quantitative estimate of drug-likeness (QED) is 0.788. The van der Waals surface area contributed by atoms with Crippen LogP contribution in [0.4, 0.5) is 5.00 Å². The molecule has 0 bridgehead atoms. The second kappa shape index (κ2) is 8.33. The normalized spacial score (nSPS) is 10.2. The van der Waals surface area contributed by atoms with Gasteiger partial charge in [-0.1, -0.05) is 25.1 Å². The van der Waals surface area contributed by atoms with Crippen molar-refractivity contribution in [1.29, 1.82) is 0 Å². The van der Waals surface area contributed by atoms with Gasteiger partial charge in [0.05, 0.1) is 12.2 Å². The molecular weight excluding hydrogens is 314 g/mol. The van der Waals surface area contributed by atoms with Crippen LogP contribution < -0.4 is 10.1 Å². The molecule has 2 rings (SSSR count). The molecule has 0 aliphatic carbocycles. The summed E-state index contributed by atoms with van der Waals surface area (Å²) in [6.45, 7) is 3.91. The predicted octanol–water partition coefficient (Wildman–Crippen LogP) is 3.50. The van der Waals surface area contributed by atoms with E-state index in [1.807, 2.05) is 25.1 Å². The minimum atomic E-state index is -0.428. The summed E-state index contributed by atoms with van der Waals surface area (Å²) in [5.41, 5.74) is 0.391. The summed E-state index contributed by atoms with van der Waals surface area (Å²) in [6, 6.07) is 10.8. The van der Waals surface area contributed by atoms with Crippen molar-refractivity contribution in [2.45, 2.75) is 20.3 Å². The van der Waals surface area contributed by atoms with E-state index in [2.05, 4.69) is 5.32 Å². The van der Waals surface area contributed by atoms with Gasteiger partial charge in [0.1, 0.15) is 10.8 Å². The topological polar surface area (TPSA) is 64.6 Å². The van der Waals surface area contributed by atoms with E-state index >= 15 is 0 Å². The number of nitrogens with one attached hydrogen (secondary N) is 1. The van der Waals surface area contributed by atoms with Crippen molar-refractivity contribution < 1.29 is 19.1 Å². The van der Waals surface area contributed by atoms with Gasteiger partial charge in [-0.05, 0) is 31.5 Å². The van der Waals surface area contributed by atoms with Gasteiger partial charge in [-0.25, -0.2) is 4.79 Å². The number of benzene rings is 1. The van der Waals surface area contributed by atoms with Gasteiger partial charge in [-0.3, -0.25) is 4.79 Å². The number of rotatable bonds is 7. The molecule has 2 aromatic rings. The molecule has 1 heterocycles. The molecule has 1 amide bonds. The number of ether oxygens (including phenoxy) is 2. The van der Waals surface area contributed by atoms with Crippen molar-refractivity contribution in [3.8, 4) is 5.75 Å². The Morgan fingerprint density at radius 2 is 1.91 bits per heavy atom. The van der Waals surface area contributed by atoms with E-state index in [1.54, 1.807) is 25.1 Å². The number of aryl methyl sites for hydroxylation is 1. The fraction of sp³-hybridized carbons (Fsp3) is 0.294. The first kappa shape index (κ1) is 17.0. The summed E-state index contributed by atoms with van der Waals surface area (Å²) in [5.74, 6) is -0.125. The van der Waals surface area contributed by atoms with E-state index in [4.69, 9.17) is 9.47 Å². The molecule has 1 aromatic heterocycles. The lowest BCUT2D eigenvalue weighted by Gasteiger charge is -2.07. The maximum absolute atomic E-state index is 12.0. The fourth-order valence-electron chi connectivity index (χ4n) is 1.90. The Morgan fingerprint density at radius 3 is 2.57 bits per heavy atom. The smallest absolute Gasteiger partial charge is 0.341 e. The monoisotopic (exact) mass is 333 g/mol. The molecule has 6 heteroatoms. The third-order valence-electron chi connectivity index (χ3n) is 2.99. The number of hydrogen-bond donors (Lipinski definition) is 1. The van der Waals surface area contributed by atoms with Crippen molar-refractivity contribution in [1.82, 2.24) is 0 Å². The second-order valence-corrected chi connectivity index (χ2v) is 5.82. The average molecular weight is 333 g/mol. The van der Waals surface area contributed by atoms with Crippen molar-refractivity contribution in [3.05, 3.63) is 46.8 Å². The highest BCUT2D eigenvalue weighted by Crippen LogP contribution is 2.29. The first-order chi connectivity index (χ1) is 11.1. The Morgan fingerprint density at radius 1 is 1.17 bits per heavy atom. The van der Waals surface area contributed by atoms with Gasteiger partial charge >= 0.3 is 5.97 Å².